The summed E-state index contributed by atoms with van der Waals surface area (Å²) in [6, 6.07) is 2.04. The average molecular weight is 397 g/mol. The summed E-state index contributed by atoms with van der Waals surface area (Å²) >= 11 is 6.03. The van der Waals surface area contributed by atoms with Gasteiger partial charge < -0.3 is 19.5 Å². The molecule has 0 unspecified atom stereocenters. The second-order valence-corrected chi connectivity index (χ2v) is 8.23. The number of carbonyl (C=O) groups excluding carboxylic acids is 1. The van der Waals surface area contributed by atoms with Crippen LogP contribution < -0.4 is 0 Å². The second kappa shape index (κ2) is 8.63. The number of hydrogen-bond acceptors (Lipinski definition) is 4. The summed E-state index contributed by atoms with van der Waals surface area (Å²) in [5, 5.41) is 9.70. The third-order valence-electron chi connectivity index (χ3n) is 5.91. The van der Waals surface area contributed by atoms with E-state index >= 15 is 0 Å². The fourth-order valence-electron chi connectivity index (χ4n) is 4.33. The number of likely N-dealkylation sites (N-methyl/N-ethyl adjacent to an activating group) is 1. The fraction of sp³-hybridized carbons (Fsp3) is 0.684. The molecule has 1 aromatic heterocycles. The van der Waals surface area contributed by atoms with Gasteiger partial charge in [0.2, 0.25) is 0 Å². The summed E-state index contributed by atoms with van der Waals surface area (Å²) in [5.74, 6) is -0.621. The van der Waals surface area contributed by atoms with Crippen LogP contribution in [0.4, 0.5) is 0 Å². The Bertz CT molecular complexity index is 684. The van der Waals surface area contributed by atoms with Gasteiger partial charge in [-0.1, -0.05) is 11.6 Å². The van der Waals surface area contributed by atoms with Gasteiger partial charge in [0.1, 0.15) is 5.69 Å². The predicted octanol–water partition coefficient (Wildman–Crippen LogP) is 1.62. The van der Waals surface area contributed by atoms with E-state index < -0.39 is 5.97 Å². The second-order valence-electron chi connectivity index (χ2n) is 7.79. The number of carboxylic acids is 1. The molecule has 8 heteroatoms. The maximum atomic E-state index is 13.0. The van der Waals surface area contributed by atoms with Crippen LogP contribution in [-0.4, -0.2) is 88.6 Å². The summed E-state index contributed by atoms with van der Waals surface area (Å²) < 4.78 is 1.75. The van der Waals surface area contributed by atoms with Crippen molar-refractivity contribution in [3.8, 4) is 0 Å². The molecule has 27 heavy (non-hydrogen) atoms. The highest BCUT2D eigenvalue weighted by atomic mass is 35.5. The van der Waals surface area contributed by atoms with Crippen molar-refractivity contribution in [1.82, 2.24) is 19.3 Å². The van der Waals surface area contributed by atoms with E-state index in [-0.39, 0.29) is 18.2 Å². The minimum absolute atomic E-state index is 0.0263. The van der Waals surface area contributed by atoms with Gasteiger partial charge in [0, 0.05) is 65.0 Å². The van der Waals surface area contributed by atoms with E-state index in [1.807, 2.05) is 11.9 Å². The lowest BCUT2D eigenvalue weighted by molar-refractivity contribution is -0.137. The zero-order chi connectivity index (χ0) is 19.6. The summed E-state index contributed by atoms with van der Waals surface area (Å²) in [6.07, 6.45) is 3.36. The lowest BCUT2D eigenvalue weighted by Gasteiger charge is -2.46. The van der Waals surface area contributed by atoms with E-state index in [4.69, 9.17) is 16.7 Å². The number of aliphatic carboxylic acids is 1. The zero-order valence-electron chi connectivity index (χ0n) is 16.1. The molecule has 0 bridgehead atoms. The molecule has 2 aliphatic heterocycles. The number of piperazine rings is 1. The Balaban J connectivity index is 1.71. The SMILES string of the molecule is CN1CCN([C@H]2CCN(C(=O)c3cc(Cl)cn3C)C[C@H]2CCC(=O)O)CC1. The Hall–Kier alpha value is -1.57. The van der Waals surface area contributed by atoms with Crippen molar-refractivity contribution in [2.45, 2.75) is 25.3 Å². The van der Waals surface area contributed by atoms with Crippen LogP contribution in [-0.2, 0) is 11.8 Å². The van der Waals surface area contributed by atoms with Crippen LogP contribution in [0.15, 0.2) is 12.3 Å². The topological polar surface area (TPSA) is 69.0 Å². The minimum Gasteiger partial charge on any atom is -0.481 e. The van der Waals surface area contributed by atoms with E-state index in [0.717, 1.165) is 32.6 Å². The fourth-order valence-corrected chi connectivity index (χ4v) is 4.58. The Morgan fingerprint density at radius 3 is 2.48 bits per heavy atom. The van der Waals surface area contributed by atoms with Crippen LogP contribution >= 0.6 is 11.6 Å². The lowest BCUT2D eigenvalue weighted by Crippen LogP contribution is -2.57. The Morgan fingerprint density at radius 1 is 1.19 bits per heavy atom. The van der Waals surface area contributed by atoms with Crippen LogP contribution in [0.5, 0.6) is 0 Å². The number of carbonyl (C=O) groups is 2. The third kappa shape index (κ3) is 4.83. The molecule has 2 saturated heterocycles. The first-order valence-electron chi connectivity index (χ1n) is 9.60. The highest BCUT2D eigenvalue weighted by Crippen LogP contribution is 2.28. The van der Waals surface area contributed by atoms with Gasteiger partial charge in [0.05, 0.1) is 5.02 Å². The van der Waals surface area contributed by atoms with Gasteiger partial charge in [-0.2, -0.15) is 0 Å². The molecular formula is C19H29ClN4O3. The summed E-state index contributed by atoms with van der Waals surface area (Å²) in [7, 11) is 3.95. The van der Waals surface area contributed by atoms with Gasteiger partial charge >= 0.3 is 5.97 Å². The number of aromatic nitrogens is 1. The zero-order valence-corrected chi connectivity index (χ0v) is 16.9. The molecular weight excluding hydrogens is 368 g/mol. The number of amides is 1. The van der Waals surface area contributed by atoms with Crippen LogP contribution in [0.1, 0.15) is 29.8 Å². The number of hydrogen-bond donors (Lipinski definition) is 1. The van der Waals surface area contributed by atoms with E-state index in [0.29, 0.717) is 36.3 Å². The number of carboxylic acid groups (broad SMARTS) is 1. The first-order chi connectivity index (χ1) is 12.8. The number of halogens is 1. The molecule has 7 nitrogen and oxygen atoms in total. The van der Waals surface area contributed by atoms with Crippen LogP contribution in [0.2, 0.25) is 5.02 Å². The molecule has 0 aliphatic carbocycles. The van der Waals surface area contributed by atoms with Gasteiger partial charge in [-0.25, -0.2) is 0 Å². The largest absolute Gasteiger partial charge is 0.481 e. The maximum Gasteiger partial charge on any atom is 0.303 e. The number of likely N-dealkylation sites (tertiary alicyclic amines) is 1. The summed E-state index contributed by atoms with van der Waals surface area (Å²) in [6.45, 7) is 5.38. The normalized spacial score (nSPS) is 24.9. The van der Waals surface area contributed by atoms with Crippen molar-refractivity contribution in [3.05, 3.63) is 23.0 Å². The molecule has 3 heterocycles. The summed E-state index contributed by atoms with van der Waals surface area (Å²) in [4.78, 5) is 30.8. The highest BCUT2D eigenvalue weighted by molar-refractivity contribution is 6.31. The van der Waals surface area contributed by atoms with Gasteiger partial charge in [0.25, 0.3) is 5.91 Å². The quantitative estimate of drug-likeness (QED) is 0.819. The number of aryl methyl sites for hydroxylation is 1. The molecule has 150 valence electrons. The standard InChI is InChI=1S/C19H29ClN4O3/c1-21-7-9-23(10-8-21)16-5-6-24(12-14(16)3-4-18(25)26)19(27)17-11-15(20)13-22(17)2/h11,13-14,16H,3-10,12H2,1-2H3,(H,25,26)/t14-,16+/m1/s1. The molecule has 1 aromatic rings. The Morgan fingerprint density at radius 2 is 1.89 bits per heavy atom. The predicted molar refractivity (Wildman–Crippen MR) is 104 cm³/mol. The molecule has 2 aliphatic rings. The monoisotopic (exact) mass is 396 g/mol. The van der Waals surface area contributed by atoms with E-state index in [1.165, 1.54) is 0 Å². The average Bonchev–Trinajstić information content (AvgIpc) is 2.98. The Kier molecular flexibility index (Phi) is 6.44. The van der Waals surface area contributed by atoms with Crippen LogP contribution in [0.25, 0.3) is 0 Å². The summed E-state index contributed by atoms with van der Waals surface area (Å²) in [5.41, 5.74) is 0.579. The van der Waals surface area contributed by atoms with Gasteiger partial charge in [0.15, 0.2) is 0 Å². The van der Waals surface area contributed by atoms with Crippen LogP contribution in [0.3, 0.4) is 0 Å². The van der Waals surface area contributed by atoms with Crippen molar-refractivity contribution in [1.29, 1.82) is 0 Å². The van der Waals surface area contributed by atoms with Crippen LogP contribution in [0, 0.1) is 5.92 Å². The number of piperidine rings is 1. The first kappa shape index (κ1) is 20.2. The molecule has 2 fully saturated rings. The van der Waals surface area contributed by atoms with Crippen molar-refractivity contribution >= 4 is 23.5 Å². The van der Waals surface area contributed by atoms with Gasteiger partial charge in [-0.15, -0.1) is 0 Å². The molecule has 3 rings (SSSR count). The third-order valence-corrected chi connectivity index (χ3v) is 6.11. The molecule has 2 atom stereocenters. The smallest absolute Gasteiger partial charge is 0.303 e. The first-order valence-corrected chi connectivity index (χ1v) is 9.98. The molecule has 0 spiro atoms. The number of nitrogens with zero attached hydrogens (tertiary/aromatic N) is 4. The lowest BCUT2D eigenvalue weighted by atomic mass is 9.86. The van der Waals surface area contributed by atoms with E-state index in [9.17, 15) is 9.59 Å². The minimum atomic E-state index is -0.773. The van der Waals surface area contributed by atoms with Crippen molar-refractivity contribution in [3.63, 3.8) is 0 Å². The van der Waals surface area contributed by atoms with E-state index in [1.54, 1.807) is 16.8 Å². The molecule has 0 radical (unpaired) electrons. The van der Waals surface area contributed by atoms with Crippen molar-refractivity contribution < 1.29 is 14.7 Å². The highest BCUT2D eigenvalue weighted by Gasteiger charge is 2.36. The molecule has 0 aromatic carbocycles. The van der Waals surface area contributed by atoms with Crippen molar-refractivity contribution in [2.24, 2.45) is 13.0 Å². The molecule has 1 amide bonds. The van der Waals surface area contributed by atoms with Gasteiger partial charge in [-0.3, -0.25) is 14.5 Å². The molecule has 1 N–H and O–H groups in total. The Labute approximate surface area is 165 Å². The molecule has 0 saturated carbocycles. The van der Waals surface area contributed by atoms with Gasteiger partial charge in [-0.05, 0) is 31.9 Å². The van der Waals surface area contributed by atoms with Crippen molar-refractivity contribution in [2.75, 3.05) is 46.3 Å². The maximum absolute atomic E-state index is 13.0. The number of rotatable bonds is 5. The van der Waals surface area contributed by atoms with E-state index in [2.05, 4.69) is 16.8 Å².